The summed E-state index contributed by atoms with van der Waals surface area (Å²) in [5.74, 6) is -0.582. The number of nitrogens with zero attached hydrogens (tertiary/aromatic N) is 3. The van der Waals surface area contributed by atoms with Gasteiger partial charge in [-0.15, -0.1) is 0 Å². The third kappa shape index (κ3) is 4.74. The molecule has 1 aliphatic heterocycles. The van der Waals surface area contributed by atoms with E-state index in [1.165, 1.54) is 12.1 Å². The molecule has 222 valence electrons. The van der Waals surface area contributed by atoms with E-state index in [0.717, 1.165) is 49.7 Å². The van der Waals surface area contributed by atoms with Gasteiger partial charge in [0.1, 0.15) is 34.9 Å². The molecule has 3 aliphatic rings. The summed E-state index contributed by atoms with van der Waals surface area (Å²) in [4.78, 5) is 31.0. The van der Waals surface area contributed by atoms with Crippen molar-refractivity contribution in [3.8, 4) is 17.0 Å². The first-order valence-electron chi connectivity index (χ1n) is 14.9. The van der Waals surface area contributed by atoms with Crippen molar-refractivity contribution < 1.29 is 23.8 Å². The highest BCUT2D eigenvalue weighted by Gasteiger charge is 2.47. The van der Waals surface area contributed by atoms with Gasteiger partial charge < -0.3 is 20.9 Å². The minimum atomic E-state index is -1.54. The highest BCUT2D eigenvalue weighted by molar-refractivity contribution is 5.95. The van der Waals surface area contributed by atoms with Crippen LogP contribution in [-0.4, -0.2) is 44.7 Å². The molecule has 43 heavy (non-hydrogen) atoms. The minimum absolute atomic E-state index is 0.0229. The second kappa shape index (κ2) is 10.2. The quantitative estimate of drug-likeness (QED) is 0.283. The molecule has 10 heteroatoms. The number of amides is 2. The Morgan fingerprint density at radius 2 is 1.88 bits per heavy atom. The predicted octanol–water partition coefficient (Wildman–Crippen LogP) is 4.36. The van der Waals surface area contributed by atoms with E-state index >= 15 is 0 Å². The zero-order chi connectivity index (χ0) is 29.9. The first-order chi connectivity index (χ1) is 20.7. The summed E-state index contributed by atoms with van der Waals surface area (Å²) in [7, 11) is 0. The number of aromatic nitrogens is 3. The molecule has 4 N–H and O–H groups in total. The SMILES string of the molecule is C[C@]1(C(N)=O)COc2c1cc(C(O)(CNC(=O)c1ccn3nc(C4CC4)cc3c1)C1CCCC1)nc2-c1ccc(F)cc1. The van der Waals surface area contributed by atoms with Gasteiger partial charge in [0.05, 0.1) is 23.4 Å². The number of hydrogen-bond donors (Lipinski definition) is 3. The molecule has 3 aromatic heterocycles. The molecule has 4 aromatic rings. The van der Waals surface area contributed by atoms with Crippen LogP contribution in [0.25, 0.3) is 16.8 Å². The third-order valence-electron chi connectivity index (χ3n) is 9.47. The smallest absolute Gasteiger partial charge is 0.251 e. The fraction of sp³-hybridized carbons (Fsp3) is 0.394. The number of primary amides is 1. The summed E-state index contributed by atoms with van der Waals surface area (Å²) in [5, 5.41) is 20.1. The van der Waals surface area contributed by atoms with Gasteiger partial charge in [-0.2, -0.15) is 5.10 Å². The van der Waals surface area contributed by atoms with Crippen molar-refractivity contribution in [2.24, 2.45) is 11.7 Å². The molecule has 2 saturated carbocycles. The van der Waals surface area contributed by atoms with Crippen LogP contribution in [0.15, 0.2) is 54.7 Å². The molecular weight excluding hydrogens is 549 g/mol. The Hall–Kier alpha value is -4.31. The van der Waals surface area contributed by atoms with Gasteiger partial charge in [-0.05, 0) is 87.1 Å². The van der Waals surface area contributed by atoms with Crippen molar-refractivity contribution in [1.29, 1.82) is 0 Å². The van der Waals surface area contributed by atoms with Crippen LogP contribution in [-0.2, 0) is 15.8 Å². The summed E-state index contributed by atoms with van der Waals surface area (Å²) < 4.78 is 21.6. The predicted molar refractivity (Wildman–Crippen MR) is 157 cm³/mol. The average molecular weight is 584 g/mol. The molecule has 1 aromatic carbocycles. The number of carbonyl (C=O) groups excluding carboxylic acids is 2. The standard InChI is InChI=1S/C33H34FN5O4/c1-32(31(35)41)18-43-29-25(32)16-27(37-28(29)20-8-10-23(34)11-9-20)33(42,22-4-2-3-5-22)17-36-30(40)21-12-13-39-24(14-21)15-26(38-39)19-6-7-19/h8-16,19,22,42H,2-7,17-18H2,1H3,(H2,35,41)(H,36,40)/t32-,33?/m0/s1. The Bertz CT molecular complexity index is 1740. The van der Waals surface area contributed by atoms with E-state index in [0.29, 0.717) is 39.7 Å². The van der Waals surface area contributed by atoms with Gasteiger partial charge in [0, 0.05) is 28.8 Å². The number of halogens is 1. The van der Waals surface area contributed by atoms with E-state index in [2.05, 4.69) is 10.4 Å². The largest absolute Gasteiger partial charge is 0.489 e. The molecule has 0 saturated heterocycles. The van der Waals surface area contributed by atoms with Crippen LogP contribution < -0.4 is 15.8 Å². The van der Waals surface area contributed by atoms with Crippen molar-refractivity contribution in [2.45, 2.75) is 62.4 Å². The maximum atomic E-state index is 13.8. The number of hydrogen-bond acceptors (Lipinski definition) is 6. The Labute approximate surface area is 248 Å². The van der Waals surface area contributed by atoms with Crippen molar-refractivity contribution in [1.82, 2.24) is 19.9 Å². The zero-order valence-corrected chi connectivity index (χ0v) is 24.0. The van der Waals surface area contributed by atoms with E-state index in [1.807, 2.05) is 6.07 Å². The Kier molecular flexibility index (Phi) is 6.50. The topological polar surface area (TPSA) is 132 Å². The molecule has 1 unspecified atom stereocenters. The van der Waals surface area contributed by atoms with Gasteiger partial charge in [0.15, 0.2) is 0 Å². The monoisotopic (exact) mass is 583 g/mol. The Balaban J connectivity index is 1.26. The molecule has 0 spiro atoms. The van der Waals surface area contributed by atoms with Gasteiger partial charge in [0.25, 0.3) is 5.91 Å². The second-order valence-corrected chi connectivity index (χ2v) is 12.4. The van der Waals surface area contributed by atoms with Crippen LogP contribution >= 0.6 is 0 Å². The highest BCUT2D eigenvalue weighted by Crippen LogP contribution is 2.48. The lowest BCUT2D eigenvalue weighted by Crippen LogP contribution is -2.46. The number of carbonyl (C=O) groups is 2. The van der Waals surface area contributed by atoms with E-state index in [9.17, 15) is 19.1 Å². The van der Waals surface area contributed by atoms with Crippen LogP contribution in [0, 0.1) is 11.7 Å². The van der Waals surface area contributed by atoms with Gasteiger partial charge in [0.2, 0.25) is 5.91 Å². The average Bonchev–Trinajstić information content (AvgIpc) is 3.38. The van der Waals surface area contributed by atoms with Gasteiger partial charge in [-0.1, -0.05) is 12.8 Å². The fourth-order valence-corrected chi connectivity index (χ4v) is 6.51. The Morgan fingerprint density at radius 3 is 2.58 bits per heavy atom. The van der Waals surface area contributed by atoms with Crippen molar-refractivity contribution >= 4 is 17.3 Å². The number of aliphatic hydroxyl groups is 1. The number of pyridine rings is 2. The number of nitrogens with two attached hydrogens (primary N) is 1. The highest BCUT2D eigenvalue weighted by atomic mass is 19.1. The van der Waals surface area contributed by atoms with E-state index in [1.54, 1.807) is 48.0 Å². The lowest BCUT2D eigenvalue weighted by Gasteiger charge is -2.35. The van der Waals surface area contributed by atoms with Crippen LogP contribution in [0.2, 0.25) is 0 Å². The zero-order valence-electron chi connectivity index (χ0n) is 24.0. The second-order valence-electron chi connectivity index (χ2n) is 12.4. The lowest BCUT2D eigenvalue weighted by atomic mass is 9.78. The summed E-state index contributed by atoms with van der Waals surface area (Å²) in [6.07, 6.45) is 7.46. The maximum Gasteiger partial charge on any atom is 0.251 e. The lowest BCUT2D eigenvalue weighted by molar-refractivity contribution is -0.123. The molecule has 2 amide bonds. The van der Waals surface area contributed by atoms with Crippen molar-refractivity contribution in [2.75, 3.05) is 13.2 Å². The first-order valence-corrected chi connectivity index (χ1v) is 14.9. The summed E-state index contributed by atoms with van der Waals surface area (Å²) in [5.41, 5.74) is 7.30. The van der Waals surface area contributed by atoms with Crippen LogP contribution in [0.4, 0.5) is 4.39 Å². The molecule has 0 radical (unpaired) electrons. The molecule has 4 heterocycles. The normalized spacial score (nSPS) is 21.4. The van der Waals surface area contributed by atoms with Crippen LogP contribution in [0.5, 0.6) is 5.75 Å². The number of nitrogens with one attached hydrogen (secondary N) is 1. The summed E-state index contributed by atoms with van der Waals surface area (Å²) >= 11 is 0. The molecule has 2 aliphatic carbocycles. The van der Waals surface area contributed by atoms with Crippen molar-refractivity contribution in [3.63, 3.8) is 0 Å². The van der Waals surface area contributed by atoms with E-state index in [4.69, 9.17) is 15.5 Å². The van der Waals surface area contributed by atoms with E-state index in [-0.39, 0.29) is 25.0 Å². The Morgan fingerprint density at radius 1 is 1.14 bits per heavy atom. The fourth-order valence-electron chi connectivity index (χ4n) is 6.51. The van der Waals surface area contributed by atoms with Crippen molar-refractivity contribution in [3.05, 3.63) is 83.1 Å². The number of rotatable bonds is 8. The molecule has 2 atom stereocenters. The minimum Gasteiger partial charge on any atom is -0.489 e. The molecule has 9 nitrogen and oxygen atoms in total. The summed E-state index contributed by atoms with van der Waals surface area (Å²) in [6.45, 7) is 1.64. The number of benzene rings is 1. The molecule has 0 bridgehead atoms. The van der Waals surface area contributed by atoms with Gasteiger partial charge >= 0.3 is 0 Å². The summed E-state index contributed by atoms with van der Waals surface area (Å²) in [6, 6.07) is 13.1. The van der Waals surface area contributed by atoms with Crippen LogP contribution in [0.1, 0.15) is 78.7 Å². The van der Waals surface area contributed by atoms with E-state index < -0.39 is 22.7 Å². The van der Waals surface area contributed by atoms with Crippen LogP contribution in [0.3, 0.4) is 0 Å². The first kappa shape index (κ1) is 27.5. The maximum absolute atomic E-state index is 13.8. The molecule has 2 fully saturated rings. The van der Waals surface area contributed by atoms with Gasteiger partial charge in [-0.25, -0.2) is 13.9 Å². The number of ether oxygens (including phenoxy) is 1. The number of fused-ring (bicyclic) bond motifs is 2. The molecule has 7 rings (SSSR count). The third-order valence-corrected chi connectivity index (χ3v) is 9.47. The molecular formula is C33H34FN5O4. The van der Waals surface area contributed by atoms with Gasteiger partial charge in [-0.3, -0.25) is 9.59 Å².